The number of carboxylic acid groups (broad SMARTS) is 1. The number of aliphatic carboxylic acids is 1. The van der Waals surface area contributed by atoms with Crippen molar-refractivity contribution in [2.45, 2.75) is 25.3 Å². The molecule has 98 valence electrons. The summed E-state index contributed by atoms with van der Waals surface area (Å²) in [5.74, 6) is -0.560. The Balaban J connectivity index is 2.15. The molecule has 0 saturated carbocycles. The fourth-order valence-corrected chi connectivity index (χ4v) is 3.17. The van der Waals surface area contributed by atoms with Gasteiger partial charge in [-0.15, -0.1) is 0 Å². The van der Waals surface area contributed by atoms with E-state index in [0.717, 1.165) is 30.2 Å². The van der Waals surface area contributed by atoms with Crippen molar-refractivity contribution in [2.75, 3.05) is 0 Å². The average molecular weight is 322 g/mol. The molecule has 1 aliphatic heterocycles. The van der Waals surface area contributed by atoms with Crippen LogP contribution in [0.2, 0.25) is 0 Å². The third-order valence-electron chi connectivity index (χ3n) is 3.36. The van der Waals surface area contributed by atoms with Crippen LogP contribution in [0.5, 0.6) is 0 Å². The van der Waals surface area contributed by atoms with Crippen molar-refractivity contribution in [2.24, 2.45) is 0 Å². The maximum Gasteiger partial charge on any atom is 0.312 e. The van der Waals surface area contributed by atoms with Gasteiger partial charge in [-0.1, -0.05) is 6.07 Å². The molecular weight excluding hydrogens is 310 g/mol. The Morgan fingerprint density at radius 1 is 1.47 bits per heavy atom. The number of carboxylic acids is 1. The Kier molecular flexibility index (Phi) is 3.10. The monoisotopic (exact) mass is 321 g/mol. The van der Waals surface area contributed by atoms with E-state index in [1.807, 2.05) is 22.8 Å². The van der Waals surface area contributed by atoms with Gasteiger partial charge in [-0.05, 0) is 40.9 Å². The second-order valence-corrected chi connectivity index (χ2v) is 5.26. The van der Waals surface area contributed by atoms with E-state index in [1.165, 1.54) is 0 Å². The molecule has 5 nitrogen and oxygen atoms in total. The summed E-state index contributed by atoms with van der Waals surface area (Å²) < 4.78 is 2.58. The highest BCUT2D eigenvalue weighted by Crippen LogP contribution is 2.36. The van der Waals surface area contributed by atoms with Crippen LogP contribution in [-0.4, -0.2) is 25.6 Å². The van der Waals surface area contributed by atoms with E-state index in [1.54, 1.807) is 6.20 Å². The number of fused-ring (bicyclic) bond motifs is 1. The molecule has 0 saturated heterocycles. The minimum Gasteiger partial charge on any atom is -0.481 e. The Morgan fingerprint density at radius 2 is 2.32 bits per heavy atom. The Morgan fingerprint density at radius 3 is 3.00 bits per heavy atom. The molecule has 1 unspecified atom stereocenters. The van der Waals surface area contributed by atoms with Crippen LogP contribution in [0.4, 0.5) is 0 Å². The number of pyridine rings is 1. The number of halogens is 1. The summed E-state index contributed by atoms with van der Waals surface area (Å²) in [6.07, 6.45) is 3.20. The molecule has 0 bridgehead atoms. The highest BCUT2D eigenvalue weighted by molar-refractivity contribution is 9.10. The molecule has 19 heavy (non-hydrogen) atoms. The second-order valence-electron chi connectivity index (χ2n) is 4.51. The minimum absolute atomic E-state index is 0.493. The predicted octanol–water partition coefficient (Wildman–Crippen LogP) is 2.67. The van der Waals surface area contributed by atoms with E-state index in [0.29, 0.717) is 11.0 Å². The van der Waals surface area contributed by atoms with Gasteiger partial charge in [0.05, 0.1) is 11.6 Å². The Labute approximate surface area is 118 Å². The number of nitrogens with zero attached hydrogens (tertiary/aromatic N) is 3. The summed E-state index contributed by atoms with van der Waals surface area (Å²) >= 11 is 3.39. The Bertz CT molecular complexity index is 624. The minimum atomic E-state index is -0.797. The lowest BCUT2D eigenvalue weighted by Gasteiger charge is -2.22. The fourth-order valence-electron chi connectivity index (χ4n) is 2.52. The third kappa shape index (κ3) is 2.06. The van der Waals surface area contributed by atoms with Crippen molar-refractivity contribution in [1.29, 1.82) is 0 Å². The summed E-state index contributed by atoms with van der Waals surface area (Å²) in [6, 6.07) is 5.63. The summed E-state index contributed by atoms with van der Waals surface area (Å²) in [4.78, 5) is 20.1. The molecule has 0 fully saturated rings. The molecule has 1 N–H and O–H groups in total. The SMILES string of the molecule is O=C(O)C1CCCn2c(-c3ccccn3)nc(Br)c21. The first kappa shape index (κ1) is 12.3. The molecule has 0 aliphatic carbocycles. The Hall–Kier alpha value is -1.69. The number of hydrogen-bond acceptors (Lipinski definition) is 3. The standard InChI is InChI=1S/C13H12BrN3O2/c14-11-10-8(13(18)19)4-3-7-17(10)12(16-11)9-5-1-2-6-15-9/h1-2,5-6,8H,3-4,7H2,(H,18,19). The lowest BCUT2D eigenvalue weighted by atomic mass is 9.96. The molecule has 0 amide bonds. The first-order valence-electron chi connectivity index (χ1n) is 6.08. The molecule has 1 atom stereocenters. The predicted molar refractivity (Wildman–Crippen MR) is 72.8 cm³/mol. The lowest BCUT2D eigenvalue weighted by Crippen LogP contribution is -2.22. The van der Waals surface area contributed by atoms with Crippen LogP contribution in [0.3, 0.4) is 0 Å². The van der Waals surface area contributed by atoms with Gasteiger partial charge in [0.2, 0.25) is 0 Å². The summed E-state index contributed by atoms with van der Waals surface area (Å²) in [5, 5.41) is 9.31. The van der Waals surface area contributed by atoms with E-state index in [-0.39, 0.29) is 0 Å². The molecule has 2 aromatic rings. The van der Waals surface area contributed by atoms with Crippen LogP contribution >= 0.6 is 15.9 Å². The zero-order valence-corrected chi connectivity index (χ0v) is 11.7. The van der Waals surface area contributed by atoms with Gasteiger partial charge in [-0.2, -0.15) is 0 Å². The number of hydrogen-bond donors (Lipinski definition) is 1. The molecule has 2 aromatic heterocycles. The van der Waals surface area contributed by atoms with Crippen LogP contribution in [0.25, 0.3) is 11.5 Å². The van der Waals surface area contributed by atoms with E-state index in [2.05, 4.69) is 25.9 Å². The van der Waals surface area contributed by atoms with Crippen molar-refractivity contribution in [1.82, 2.24) is 14.5 Å². The number of aromatic nitrogens is 3. The van der Waals surface area contributed by atoms with E-state index < -0.39 is 11.9 Å². The topological polar surface area (TPSA) is 68.0 Å². The van der Waals surface area contributed by atoms with E-state index in [4.69, 9.17) is 0 Å². The van der Waals surface area contributed by atoms with Gasteiger partial charge < -0.3 is 9.67 Å². The molecule has 6 heteroatoms. The van der Waals surface area contributed by atoms with Gasteiger partial charge in [-0.3, -0.25) is 9.78 Å². The van der Waals surface area contributed by atoms with Crippen molar-refractivity contribution >= 4 is 21.9 Å². The zero-order chi connectivity index (χ0) is 13.4. The van der Waals surface area contributed by atoms with Crippen molar-refractivity contribution < 1.29 is 9.90 Å². The van der Waals surface area contributed by atoms with Crippen LogP contribution in [0, 0.1) is 0 Å². The molecular formula is C13H12BrN3O2. The first-order chi connectivity index (χ1) is 9.18. The molecule has 0 radical (unpaired) electrons. The third-order valence-corrected chi connectivity index (χ3v) is 3.94. The van der Waals surface area contributed by atoms with Crippen LogP contribution in [0.15, 0.2) is 29.0 Å². The average Bonchev–Trinajstić information content (AvgIpc) is 2.77. The number of imidazole rings is 1. The van der Waals surface area contributed by atoms with Crippen molar-refractivity contribution in [3.8, 4) is 11.5 Å². The largest absolute Gasteiger partial charge is 0.481 e. The number of rotatable bonds is 2. The zero-order valence-electron chi connectivity index (χ0n) is 10.1. The van der Waals surface area contributed by atoms with Gasteiger partial charge in [0.15, 0.2) is 5.82 Å². The molecule has 1 aliphatic rings. The normalized spacial score (nSPS) is 18.1. The van der Waals surface area contributed by atoms with Crippen LogP contribution < -0.4 is 0 Å². The van der Waals surface area contributed by atoms with Gasteiger partial charge in [0.1, 0.15) is 10.3 Å². The van der Waals surface area contributed by atoms with Crippen LogP contribution in [0.1, 0.15) is 24.5 Å². The number of carbonyl (C=O) groups is 1. The molecule has 3 rings (SSSR count). The van der Waals surface area contributed by atoms with Gasteiger partial charge in [0, 0.05) is 12.7 Å². The van der Waals surface area contributed by atoms with Crippen molar-refractivity contribution in [3.63, 3.8) is 0 Å². The first-order valence-corrected chi connectivity index (χ1v) is 6.88. The lowest BCUT2D eigenvalue weighted by molar-refractivity contribution is -0.139. The molecule has 3 heterocycles. The summed E-state index contributed by atoms with van der Waals surface area (Å²) in [6.45, 7) is 0.781. The van der Waals surface area contributed by atoms with Gasteiger partial charge in [0.25, 0.3) is 0 Å². The van der Waals surface area contributed by atoms with Gasteiger partial charge in [-0.25, -0.2) is 4.98 Å². The van der Waals surface area contributed by atoms with Crippen LogP contribution in [-0.2, 0) is 11.3 Å². The fraction of sp³-hybridized carbons (Fsp3) is 0.308. The highest BCUT2D eigenvalue weighted by Gasteiger charge is 2.32. The maximum atomic E-state index is 11.3. The highest BCUT2D eigenvalue weighted by atomic mass is 79.9. The van der Waals surface area contributed by atoms with E-state index >= 15 is 0 Å². The van der Waals surface area contributed by atoms with Crippen molar-refractivity contribution in [3.05, 3.63) is 34.7 Å². The maximum absolute atomic E-state index is 11.3. The van der Waals surface area contributed by atoms with E-state index in [9.17, 15) is 9.90 Å². The smallest absolute Gasteiger partial charge is 0.312 e. The molecule has 0 aromatic carbocycles. The summed E-state index contributed by atoms with van der Waals surface area (Å²) in [5.41, 5.74) is 1.51. The van der Waals surface area contributed by atoms with Gasteiger partial charge >= 0.3 is 5.97 Å². The quantitative estimate of drug-likeness (QED) is 0.923. The summed E-state index contributed by atoms with van der Waals surface area (Å²) in [7, 11) is 0. The second kappa shape index (κ2) is 4.77. The molecule has 0 spiro atoms.